The number of esters is 1. The van der Waals surface area contributed by atoms with Crippen LogP contribution in [0.4, 0.5) is 0 Å². The van der Waals surface area contributed by atoms with E-state index in [4.69, 9.17) is 14.2 Å². The van der Waals surface area contributed by atoms with Gasteiger partial charge in [0.15, 0.2) is 6.29 Å². The average molecular weight is 729 g/mol. The minimum Gasteiger partial charge on any atom is -0.459 e. The molecule has 0 bridgehead atoms. The monoisotopic (exact) mass is 728 g/mol. The summed E-state index contributed by atoms with van der Waals surface area (Å²) in [5, 5.41) is 12.6. The molecule has 1 amide bonds. The number of aliphatic hydroxyl groups is 1. The second kappa shape index (κ2) is 16.2. The molecule has 2 N–H and O–H groups in total. The summed E-state index contributed by atoms with van der Waals surface area (Å²) >= 11 is 0. The first-order valence-electron chi connectivity index (χ1n) is 18.7. The maximum Gasteiger partial charge on any atom is 0.323 e. The van der Waals surface area contributed by atoms with E-state index < -0.39 is 11.9 Å². The Labute approximate surface area is 316 Å². The fourth-order valence-electron chi connectivity index (χ4n) is 7.27. The molecule has 4 aromatic carbocycles. The van der Waals surface area contributed by atoms with Crippen LogP contribution in [-0.4, -0.2) is 62.7 Å². The van der Waals surface area contributed by atoms with Crippen molar-refractivity contribution in [2.75, 3.05) is 13.1 Å². The van der Waals surface area contributed by atoms with Gasteiger partial charge in [0.25, 0.3) is 5.91 Å². The number of aromatic nitrogens is 2. The first-order valence-corrected chi connectivity index (χ1v) is 18.7. The summed E-state index contributed by atoms with van der Waals surface area (Å²) in [4.78, 5) is 37.1. The van der Waals surface area contributed by atoms with E-state index in [2.05, 4.69) is 45.3 Å². The molecule has 54 heavy (non-hydrogen) atoms. The summed E-state index contributed by atoms with van der Waals surface area (Å²) in [5.41, 5.74) is 6.86. The molecule has 5 atom stereocenters. The van der Waals surface area contributed by atoms with Gasteiger partial charge in [-0.25, -0.2) is 4.98 Å². The predicted molar refractivity (Wildman–Crippen MR) is 206 cm³/mol. The summed E-state index contributed by atoms with van der Waals surface area (Å²) in [6.07, 6.45) is 2.06. The van der Waals surface area contributed by atoms with E-state index in [-0.39, 0.29) is 48.3 Å². The van der Waals surface area contributed by atoms with Gasteiger partial charge < -0.3 is 24.6 Å². The Hall–Kier alpha value is -5.00. The van der Waals surface area contributed by atoms with Crippen molar-refractivity contribution in [2.24, 2.45) is 5.92 Å². The van der Waals surface area contributed by atoms with Crippen LogP contribution < -0.4 is 5.32 Å². The van der Waals surface area contributed by atoms with Crippen LogP contribution in [0.1, 0.15) is 85.7 Å². The van der Waals surface area contributed by atoms with Crippen LogP contribution in [0.3, 0.4) is 0 Å². The number of aliphatic hydroxyl groups excluding tert-OH is 1. The number of benzene rings is 4. The van der Waals surface area contributed by atoms with Gasteiger partial charge >= 0.3 is 5.97 Å². The lowest BCUT2D eigenvalue weighted by molar-refractivity contribution is -0.276. The number of carbonyl (C=O) groups is 2. The topological polar surface area (TPSA) is 123 Å². The molecule has 10 nitrogen and oxygen atoms in total. The van der Waals surface area contributed by atoms with Crippen LogP contribution in [0.25, 0.3) is 22.2 Å². The van der Waals surface area contributed by atoms with Crippen LogP contribution in [0.5, 0.6) is 0 Å². The Morgan fingerprint density at radius 2 is 1.63 bits per heavy atom. The van der Waals surface area contributed by atoms with Gasteiger partial charge in [-0.2, -0.15) is 0 Å². The molecule has 3 heterocycles. The van der Waals surface area contributed by atoms with Crippen LogP contribution in [-0.2, 0) is 32.2 Å². The third-order valence-corrected chi connectivity index (χ3v) is 10.2. The number of fused-ring (bicyclic) bond motifs is 1. The largest absolute Gasteiger partial charge is 0.459 e. The zero-order valence-electron chi connectivity index (χ0n) is 31.3. The molecule has 0 radical (unpaired) electrons. The molecule has 1 aromatic heterocycles. The number of nitrogens with one attached hydrogen (secondary N) is 1. The Kier molecular flexibility index (Phi) is 11.2. The van der Waals surface area contributed by atoms with E-state index in [1.165, 1.54) is 6.20 Å². The highest BCUT2D eigenvalue weighted by Gasteiger charge is 2.42. The minimum atomic E-state index is -0.634. The first-order chi connectivity index (χ1) is 26.0. The fraction of sp³-hybridized carbons (Fsp3) is 0.364. The number of hydrogen-bond acceptors (Lipinski definition) is 9. The van der Waals surface area contributed by atoms with Crippen LogP contribution in [0, 0.1) is 5.92 Å². The Balaban J connectivity index is 1.06. The molecule has 0 spiro atoms. The number of ether oxygens (including phenoxy) is 3. The second-order valence-corrected chi connectivity index (χ2v) is 15.3. The SMILES string of the molecule is C[C@@H]1[C@H](CN2CCC[C@H]2C(=O)OC(C)(C)C)O[C@H](c2ccc(-c3cccc(CNC(=O)c4cnc5ccccc5n4)c3)cc2)O[C@@H]1c1ccc(CO)cc1. The quantitative estimate of drug-likeness (QED) is 0.143. The molecular formula is C44H48N4O6. The lowest BCUT2D eigenvalue weighted by atomic mass is 9.89. The Bertz CT molecular complexity index is 2080. The molecule has 10 heteroatoms. The fourth-order valence-corrected chi connectivity index (χ4v) is 7.27. The van der Waals surface area contributed by atoms with Gasteiger partial charge in [-0.1, -0.05) is 85.8 Å². The molecule has 2 aliphatic heterocycles. The Morgan fingerprint density at radius 3 is 2.37 bits per heavy atom. The maximum atomic E-state index is 13.2. The van der Waals surface area contributed by atoms with Gasteiger partial charge in [0.1, 0.15) is 17.3 Å². The van der Waals surface area contributed by atoms with Crippen molar-refractivity contribution in [3.8, 4) is 11.1 Å². The van der Waals surface area contributed by atoms with Crippen molar-refractivity contribution in [3.63, 3.8) is 0 Å². The summed E-state index contributed by atoms with van der Waals surface area (Å²) in [6.45, 7) is 9.52. The average Bonchev–Trinajstić information content (AvgIpc) is 3.65. The molecule has 7 rings (SSSR count). The van der Waals surface area contributed by atoms with E-state index in [0.29, 0.717) is 18.6 Å². The van der Waals surface area contributed by atoms with Gasteiger partial charge in [0.2, 0.25) is 0 Å². The highest BCUT2D eigenvalue weighted by Crippen LogP contribution is 2.42. The second-order valence-electron chi connectivity index (χ2n) is 15.3. The predicted octanol–water partition coefficient (Wildman–Crippen LogP) is 7.32. The van der Waals surface area contributed by atoms with E-state index in [1.54, 1.807) is 0 Å². The zero-order valence-corrected chi connectivity index (χ0v) is 31.3. The number of rotatable bonds is 10. The van der Waals surface area contributed by atoms with Crippen molar-refractivity contribution in [3.05, 3.63) is 131 Å². The number of para-hydroxylation sites is 2. The van der Waals surface area contributed by atoms with Gasteiger partial charge in [0, 0.05) is 24.6 Å². The molecule has 280 valence electrons. The standard InChI is InChI=1S/C44H48N4O6/c1-28-39(26-48-22-8-13-38(48)42(51)54-44(2,3)4)52-43(53-40(28)32-16-14-29(27-49)15-17-32)33-20-18-31(19-21-33)34-10-7-9-30(23-34)24-46-41(50)37-25-45-35-11-5-6-12-36(35)47-37/h5-7,9-12,14-21,23,25,28,38-40,43,49H,8,13,22,24,26-27H2,1-4H3,(H,46,50)/t28-,38+,39+,40+,43+/m1/s1. The van der Waals surface area contributed by atoms with E-state index in [0.717, 1.165) is 58.3 Å². The lowest BCUT2D eigenvalue weighted by Gasteiger charge is -2.43. The highest BCUT2D eigenvalue weighted by molar-refractivity contribution is 5.93. The van der Waals surface area contributed by atoms with Crippen molar-refractivity contribution in [1.29, 1.82) is 0 Å². The molecule has 0 saturated carbocycles. The van der Waals surface area contributed by atoms with Crippen molar-refractivity contribution < 1.29 is 28.9 Å². The van der Waals surface area contributed by atoms with Gasteiger partial charge in [-0.15, -0.1) is 0 Å². The van der Waals surface area contributed by atoms with Crippen LogP contribution in [0.15, 0.2) is 103 Å². The molecule has 2 saturated heterocycles. The molecular weight excluding hydrogens is 681 g/mol. The zero-order chi connectivity index (χ0) is 37.8. The molecule has 0 aliphatic carbocycles. The molecule has 2 aliphatic rings. The number of likely N-dealkylation sites (tertiary alicyclic amines) is 1. The normalized spacial score (nSPS) is 21.9. The summed E-state index contributed by atoms with van der Waals surface area (Å²) in [7, 11) is 0. The van der Waals surface area contributed by atoms with Crippen LogP contribution >= 0.6 is 0 Å². The van der Waals surface area contributed by atoms with E-state index >= 15 is 0 Å². The highest BCUT2D eigenvalue weighted by atomic mass is 16.7. The van der Waals surface area contributed by atoms with E-state index in [9.17, 15) is 14.7 Å². The molecule has 0 unspecified atom stereocenters. The number of carbonyl (C=O) groups excluding carboxylic acids is 2. The molecule has 2 fully saturated rings. The maximum absolute atomic E-state index is 13.2. The van der Waals surface area contributed by atoms with Crippen molar-refractivity contribution in [1.82, 2.24) is 20.2 Å². The van der Waals surface area contributed by atoms with E-state index in [1.807, 2.05) is 99.6 Å². The number of nitrogens with zero attached hydrogens (tertiary/aromatic N) is 3. The third-order valence-electron chi connectivity index (χ3n) is 10.2. The first kappa shape index (κ1) is 37.3. The van der Waals surface area contributed by atoms with Gasteiger partial charge in [-0.3, -0.25) is 19.5 Å². The smallest absolute Gasteiger partial charge is 0.323 e. The molecule has 5 aromatic rings. The minimum absolute atomic E-state index is 0.0168. The van der Waals surface area contributed by atoms with Crippen molar-refractivity contribution >= 4 is 22.9 Å². The van der Waals surface area contributed by atoms with Gasteiger partial charge in [-0.05, 0) is 86.2 Å². The Morgan fingerprint density at radius 1 is 0.889 bits per heavy atom. The number of amides is 1. The lowest BCUT2D eigenvalue weighted by Crippen LogP contribution is -2.48. The van der Waals surface area contributed by atoms with Crippen molar-refractivity contribution in [2.45, 2.75) is 83.8 Å². The van der Waals surface area contributed by atoms with Gasteiger partial charge in [0.05, 0.1) is 36.0 Å². The number of hydrogen-bond donors (Lipinski definition) is 2. The van der Waals surface area contributed by atoms with Crippen LogP contribution in [0.2, 0.25) is 0 Å². The summed E-state index contributed by atoms with van der Waals surface area (Å²) in [6, 6.07) is 31.3. The third kappa shape index (κ3) is 8.69. The summed E-state index contributed by atoms with van der Waals surface area (Å²) < 4.78 is 19.3. The summed E-state index contributed by atoms with van der Waals surface area (Å²) in [5.74, 6) is -0.485.